The second kappa shape index (κ2) is 9.13. The standard InChI is InChI=1S/C12H23NO4/c1-10(2)17-8-4-6-13(9-11(3)14)7-5-12(15)16/h10H,4-9H2,1-3H3,(H,15,16). The monoisotopic (exact) mass is 245 g/mol. The van der Waals surface area contributed by atoms with E-state index in [1.54, 1.807) is 0 Å². The third-order valence-corrected chi connectivity index (χ3v) is 2.16. The largest absolute Gasteiger partial charge is 0.481 e. The van der Waals surface area contributed by atoms with Crippen LogP contribution in [0.1, 0.15) is 33.6 Å². The molecule has 0 unspecified atom stereocenters. The molecule has 0 aromatic heterocycles. The summed E-state index contributed by atoms with van der Waals surface area (Å²) in [4.78, 5) is 23.4. The third-order valence-electron chi connectivity index (χ3n) is 2.16. The van der Waals surface area contributed by atoms with Gasteiger partial charge in [-0.05, 0) is 27.2 Å². The number of carboxylic acid groups (broad SMARTS) is 1. The van der Waals surface area contributed by atoms with Crippen molar-refractivity contribution in [1.29, 1.82) is 0 Å². The van der Waals surface area contributed by atoms with Crippen molar-refractivity contribution in [3.63, 3.8) is 0 Å². The minimum absolute atomic E-state index is 0.0557. The highest BCUT2D eigenvalue weighted by atomic mass is 16.5. The molecule has 5 nitrogen and oxygen atoms in total. The van der Waals surface area contributed by atoms with E-state index in [0.717, 1.165) is 6.42 Å². The van der Waals surface area contributed by atoms with Gasteiger partial charge in [0.2, 0.25) is 0 Å². The van der Waals surface area contributed by atoms with Crippen LogP contribution in [0.25, 0.3) is 0 Å². The molecule has 0 radical (unpaired) electrons. The number of hydrogen-bond donors (Lipinski definition) is 1. The SMILES string of the molecule is CC(=O)CN(CCCOC(C)C)CCC(=O)O. The molecule has 17 heavy (non-hydrogen) atoms. The van der Waals surface area contributed by atoms with Crippen molar-refractivity contribution < 1.29 is 19.4 Å². The number of hydrogen-bond acceptors (Lipinski definition) is 4. The molecule has 0 rings (SSSR count). The van der Waals surface area contributed by atoms with Crippen molar-refractivity contribution >= 4 is 11.8 Å². The zero-order valence-electron chi connectivity index (χ0n) is 10.9. The molecule has 0 aliphatic carbocycles. The van der Waals surface area contributed by atoms with E-state index in [1.807, 2.05) is 18.7 Å². The van der Waals surface area contributed by atoms with Gasteiger partial charge in [0.05, 0.1) is 19.1 Å². The molecule has 0 saturated heterocycles. The number of aliphatic carboxylic acids is 1. The summed E-state index contributed by atoms with van der Waals surface area (Å²) in [5.41, 5.74) is 0. The fraction of sp³-hybridized carbons (Fsp3) is 0.833. The molecular formula is C12H23NO4. The lowest BCUT2D eigenvalue weighted by Crippen LogP contribution is -2.32. The number of nitrogens with zero attached hydrogens (tertiary/aromatic N) is 1. The molecule has 1 N–H and O–H groups in total. The molecule has 0 saturated carbocycles. The first-order valence-electron chi connectivity index (χ1n) is 5.97. The number of Topliss-reactive ketones (excluding diaryl/α,β-unsaturated/α-hetero) is 1. The van der Waals surface area contributed by atoms with Crippen molar-refractivity contribution in [3.8, 4) is 0 Å². The minimum Gasteiger partial charge on any atom is -0.481 e. The van der Waals surface area contributed by atoms with Crippen LogP contribution in [0.3, 0.4) is 0 Å². The van der Waals surface area contributed by atoms with E-state index in [4.69, 9.17) is 9.84 Å². The first-order chi connectivity index (χ1) is 7.91. The van der Waals surface area contributed by atoms with Crippen LogP contribution >= 0.6 is 0 Å². The van der Waals surface area contributed by atoms with Crippen LogP contribution in [0.15, 0.2) is 0 Å². The molecular weight excluding hydrogens is 222 g/mol. The second-order valence-corrected chi connectivity index (χ2v) is 4.40. The fourth-order valence-corrected chi connectivity index (χ4v) is 1.45. The normalized spacial score (nSPS) is 11.1. The summed E-state index contributed by atoms with van der Waals surface area (Å²) in [6.07, 6.45) is 1.08. The minimum atomic E-state index is -0.836. The van der Waals surface area contributed by atoms with Crippen molar-refractivity contribution in [2.45, 2.75) is 39.7 Å². The zero-order chi connectivity index (χ0) is 13.3. The molecule has 0 aromatic carbocycles. The average molecular weight is 245 g/mol. The Balaban J connectivity index is 3.84. The van der Waals surface area contributed by atoms with E-state index >= 15 is 0 Å². The fourth-order valence-electron chi connectivity index (χ4n) is 1.45. The van der Waals surface area contributed by atoms with Gasteiger partial charge in [-0.2, -0.15) is 0 Å². The van der Waals surface area contributed by atoms with Gasteiger partial charge in [-0.1, -0.05) is 0 Å². The summed E-state index contributed by atoms with van der Waals surface area (Å²) in [6.45, 7) is 7.51. The van der Waals surface area contributed by atoms with Crippen LogP contribution in [0.5, 0.6) is 0 Å². The van der Waals surface area contributed by atoms with Gasteiger partial charge in [0.1, 0.15) is 5.78 Å². The van der Waals surface area contributed by atoms with Gasteiger partial charge in [-0.15, -0.1) is 0 Å². The summed E-state index contributed by atoms with van der Waals surface area (Å²) < 4.78 is 5.39. The predicted octanol–water partition coefficient (Wildman–Crippen LogP) is 1.17. The van der Waals surface area contributed by atoms with Crippen LogP contribution in [-0.4, -0.2) is 54.1 Å². The maximum Gasteiger partial charge on any atom is 0.304 e. The van der Waals surface area contributed by atoms with E-state index in [2.05, 4.69) is 0 Å². The zero-order valence-corrected chi connectivity index (χ0v) is 10.9. The molecule has 0 aliphatic heterocycles. The average Bonchev–Trinajstić information content (AvgIpc) is 2.19. The molecule has 100 valence electrons. The summed E-state index contributed by atoms with van der Waals surface area (Å²) in [5.74, 6) is -0.780. The molecule has 0 amide bonds. The third kappa shape index (κ3) is 11.3. The van der Waals surface area contributed by atoms with Gasteiger partial charge in [-0.25, -0.2) is 0 Å². The van der Waals surface area contributed by atoms with Crippen LogP contribution < -0.4 is 0 Å². The van der Waals surface area contributed by atoms with Gasteiger partial charge in [0.25, 0.3) is 0 Å². The van der Waals surface area contributed by atoms with Crippen LogP contribution in [0.2, 0.25) is 0 Å². The number of carbonyl (C=O) groups excluding carboxylic acids is 1. The molecule has 0 bridgehead atoms. The Bertz CT molecular complexity index is 241. The van der Waals surface area contributed by atoms with Crippen LogP contribution in [0, 0.1) is 0 Å². The van der Waals surface area contributed by atoms with Crippen LogP contribution in [0.4, 0.5) is 0 Å². The Hall–Kier alpha value is -0.940. The van der Waals surface area contributed by atoms with Crippen LogP contribution in [-0.2, 0) is 14.3 Å². The Morgan fingerprint density at radius 2 is 1.94 bits per heavy atom. The lowest BCUT2D eigenvalue weighted by molar-refractivity contribution is -0.137. The predicted molar refractivity (Wildman–Crippen MR) is 65.1 cm³/mol. The highest BCUT2D eigenvalue weighted by Gasteiger charge is 2.09. The molecule has 0 aliphatic rings. The summed E-state index contributed by atoms with van der Waals surface area (Å²) in [6, 6.07) is 0. The van der Waals surface area contributed by atoms with Gasteiger partial charge in [0, 0.05) is 19.7 Å². The number of carboxylic acids is 1. The van der Waals surface area contributed by atoms with E-state index in [1.165, 1.54) is 6.92 Å². The summed E-state index contributed by atoms with van der Waals surface area (Å²) in [7, 11) is 0. The highest BCUT2D eigenvalue weighted by Crippen LogP contribution is 1.97. The Morgan fingerprint density at radius 1 is 1.29 bits per heavy atom. The first-order valence-corrected chi connectivity index (χ1v) is 5.97. The van der Waals surface area contributed by atoms with Crippen molar-refractivity contribution in [1.82, 2.24) is 4.90 Å². The van der Waals surface area contributed by atoms with Gasteiger partial charge in [0.15, 0.2) is 0 Å². The van der Waals surface area contributed by atoms with Crippen molar-refractivity contribution in [2.75, 3.05) is 26.2 Å². The quantitative estimate of drug-likeness (QED) is 0.585. The maximum atomic E-state index is 11.0. The molecule has 0 spiro atoms. The number of ether oxygens (including phenoxy) is 1. The van der Waals surface area contributed by atoms with E-state index < -0.39 is 5.97 Å². The topological polar surface area (TPSA) is 66.8 Å². The van der Waals surface area contributed by atoms with Gasteiger partial charge >= 0.3 is 5.97 Å². The lowest BCUT2D eigenvalue weighted by Gasteiger charge is -2.20. The smallest absolute Gasteiger partial charge is 0.304 e. The van der Waals surface area contributed by atoms with Crippen molar-refractivity contribution in [2.24, 2.45) is 0 Å². The molecule has 0 atom stereocenters. The summed E-state index contributed by atoms with van der Waals surface area (Å²) >= 11 is 0. The Labute approximate surface area is 103 Å². The first kappa shape index (κ1) is 16.1. The molecule has 5 heteroatoms. The lowest BCUT2D eigenvalue weighted by atomic mass is 10.3. The Kier molecular flexibility index (Phi) is 8.62. The number of ketones is 1. The number of carbonyl (C=O) groups is 2. The number of rotatable bonds is 10. The van der Waals surface area contributed by atoms with Gasteiger partial charge in [-0.3, -0.25) is 14.5 Å². The summed E-state index contributed by atoms with van der Waals surface area (Å²) in [5, 5.41) is 8.60. The maximum absolute atomic E-state index is 11.0. The molecule has 0 fully saturated rings. The van der Waals surface area contributed by atoms with Crippen molar-refractivity contribution in [3.05, 3.63) is 0 Å². The molecule has 0 heterocycles. The molecule has 0 aromatic rings. The van der Waals surface area contributed by atoms with Gasteiger partial charge < -0.3 is 9.84 Å². The highest BCUT2D eigenvalue weighted by molar-refractivity contribution is 5.77. The Morgan fingerprint density at radius 3 is 2.41 bits per heavy atom. The van der Waals surface area contributed by atoms with E-state index in [-0.39, 0.29) is 18.3 Å². The second-order valence-electron chi connectivity index (χ2n) is 4.40. The van der Waals surface area contributed by atoms with E-state index in [9.17, 15) is 9.59 Å². The van der Waals surface area contributed by atoms with E-state index in [0.29, 0.717) is 26.2 Å².